The minimum Gasteiger partial charge on any atom is -0.351 e. The van der Waals surface area contributed by atoms with Crippen LogP contribution >= 0.6 is 0 Å². The van der Waals surface area contributed by atoms with Gasteiger partial charge in [0.25, 0.3) is 0 Å². The molecule has 108 valence electrons. The number of nitrogens with two attached hydrogens (primary N) is 1. The number of fused-ring (bicyclic) bond motifs is 1. The maximum Gasteiger partial charge on any atom is 0.314 e. The summed E-state index contributed by atoms with van der Waals surface area (Å²) in [6, 6.07) is 18.7. The summed E-state index contributed by atoms with van der Waals surface area (Å²) in [4.78, 5) is 13.3. The van der Waals surface area contributed by atoms with E-state index in [1.165, 1.54) is 16.7 Å². The van der Waals surface area contributed by atoms with Crippen LogP contribution in [0.3, 0.4) is 0 Å². The summed E-state index contributed by atoms with van der Waals surface area (Å²) in [5.74, 6) is 0.324. The van der Waals surface area contributed by atoms with Crippen molar-refractivity contribution in [3.63, 3.8) is 0 Å². The predicted molar refractivity (Wildman–Crippen MR) is 84.2 cm³/mol. The van der Waals surface area contributed by atoms with Crippen molar-refractivity contribution in [1.29, 1.82) is 0 Å². The molecule has 0 saturated carbocycles. The van der Waals surface area contributed by atoms with Crippen LogP contribution in [0.2, 0.25) is 0 Å². The van der Waals surface area contributed by atoms with Crippen LogP contribution in [-0.2, 0) is 6.42 Å². The third-order valence-electron chi connectivity index (χ3n) is 4.28. The molecule has 0 saturated heterocycles. The zero-order valence-electron chi connectivity index (χ0n) is 12.0. The van der Waals surface area contributed by atoms with Gasteiger partial charge in [-0.2, -0.15) is 0 Å². The van der Waals surface area contributed by atoms with Gasteiger partial charge in [-0.3, -0.25) is 0 Å². The normalized spacial score (nSPS) is 18.5. The lowest BCUT2D eigenvalue weighted by molar-refractivity contribution is 0.205. The largest absolute Gasteiger partial charge is 0.351 e. The Morgan fingerprint density at radius 1 is 1.00 bits per heavy atom. The highest BCUT2D eigenvalue weighted by Crippen LogP contribution is 2.32. The monoisotopic (exact) mass is 280 g/mol. The Kier molecular flexibility index (Phi) is 3.91. The fraction of sp³-hybridized carbons (Fsp3) is 0.278. The number of nitrogens with zero attached hydrogens (tertiary/aromatic N) is 1. The number of urea groups is 1. The fourth-order valence-corrected chi connectivity index (χ4v) is 3.16. The smallest absolute Gasteiger partial charge is 0.314 e. The molecule has 21 heavy (non-hydrogen) atoms. The number of hydrogen-bond donors (Lipinski definition) is 1. The van der Waals surface area contributed by atoms with Crippen molar-refractivity contribution in [2.24, 2.45) is 5.73 Å². The number of hydrogen-bond acceptors (Lipinski definition) is 1. The maximum atomic E-state index is 11.5. The zero-order valence-corrected chi connectivity index (χ0v) is 12.0. The summed E-state index contributed by atoms with van der Waals surface area (Å²) in [6.45, 7) is 1.41. The zero-order chi connectivity index (χ0) is 14.7. The first-order valence-electron chi connectivity index (χ1n) is 7.43. The molecule has 2 aromatic carbocycles. The summed E-state index contributed by atoms with van der Waals surface area (Å²) in [6.07, 6.45) is 1.77. The second-order valence-electron chi connectivity index (χ2n) is 5.53. The van der Waals surface area contributed by atoms with E-state index in [-0.39, 0.29) is 6.03 Å². The molecule has 0 aromatic heterocycles. The van der Waals surface area contributed by atoms with Crippen molar-refractivity contribution >= 4 is 6.03 Å². The van der Waals surface area contributed by atoms with Gasteiger partial charge in [-0.15, -0.1) is 0 Å². The molecule has 1 unspecified atom stereocenters. The van der Waals surface area contributed by atoms with Gasteiger partial charge in [-0.25, -0.2) is 4.79 Å². The first-order chi connectivity index (χ1) is 10.3. The van der Waals surface area contributed by atoms with Gasteiger partial charge in [0.1, 0.15) is 0 Å². The molecule has 0 bridgehead atoms. The SMILES string of the molecule is NC(=O)N1CCc2ccccc2C(c2ccccc2)CC1. The van der Waals surface area contributed by atoms with E-state index in [4.69, 9.17) is 5.73 Å². The van der Waals surface area contributed by atoms with Gasteiger partial charge >= 0.3 is 6.03 Å². The number of rotatable bonds is 1. The van der Waals surface area contributed by atoms with Crippen molar-refractivity contribution in [1.82, 2.24) is 4.90 Å². The minimum atomic E-state index is -0.318. The van der Waals surface area contributed by atoms with E-state index < -0.39 is 0 Å². The Hall–Kier alpha value is -2.29. The lowest BCUT2D eigenvalue weighted by atomic mass is 9.84. The molecule has 1 aliphatic heterocycles. The molecule has 3 nitrogen and oxygen atoms in total. The summed E-state index contributed by atoms with van der Waals surface area (Å²) in [7, 11) is 0. The Bertz CT molecular complexity index is 624. The van der Waals surface area contributed by atoms with Gasteiger partial charge in [-0.05, 0) is 29.5 Å². The van der Waals surface area contributed by atoms with E-state index in [1.807, 2.05) is 6.07 Å². The lowest BCUT2D eigenvalue weighted by Gasteiger charge is -2.29. The minimum absolute atomic E-state index is 0.318. The van der Waals surface area contributed by atoms with Crippen LogP contribution in [0.25, 0.3) is 0 Å². The van der Waals surface area contributed by atoms with Crippen molar-refractivity contribution in [3.8, 4) is 0 Å². The maximum absolute atomic E-state index is 11.5. The first kappa shape index (κ1) is 13.7. The highest BCUT2D eigenvalue weighted by molar-refractivity contribution is 5.72. The molecular formula is C18H20N2O. The van der Waals surface area contributed by atoms with Crippen LogP contribution in [0.5, 0.6) is 0 Å². The second kappa shape index (κ2) is 6.00. The average Bonchev–Trinajstić information content (AvgIpc) is 2.49. The van der Waals surface area contributed by atoms with Gasteiger partial charge in [-0.1, -0.05) is 54.6 Å². The standard InChI is InChI=1S/C18H20N2O/c19-18(21)20-12-10-15-8-4-5-9-16(15)17(11-13-20)14-6-2-1-3-7-14/h1-9,17H,10-13H2,(H2,19,21). The molecule has 1 atom stereocenters. The highest BCUT2D eigenvalue weighted by Gasteiger charge is 2.22. The topological polar surface area (TPSA) is 46.3 Å². The van der Waals surface area contributed by atoms with Crippen molar-refractivity contribution in [2.45, 2.75) is 18.8 Å². The average molecular weight is 280 g/mol. The Morgan fingerprint density at radius 3 is 2.48 bits per heavy atom. The first-order valence-corrected chi connectivity index (χ1v) is 7.43. The number of amides is 2. The molecule has 2 N–H and O–H groups in total. The summed E-state index contributed by atoms with van der Waals surface area (Å²) in [5, 5.41) is 0. The molecule has 3 rings (SSSR count). The van der Waals surface area contributed by atoms with Gasteiger partial charge in [0, 0.05) is 19.0 Å². The highest BCUT2D eigenvalue weighted by atomic mass is 16.2. The quantitative estimate of drug-likeness (QED) is 0.857. The molecule has 1 aliphatic rings. The Labute approximate surface area is 125 Å². The van der Waals surface area contributed by atoms with Gasteiger partial charge in [0.15, 0.2) is 0 Å². The Morgan fingerprint density at radius 2 is 1.71 bits per heavy atom. The van der Waals surface area contributed by atoms with Gasteiger partial charge in [0.2, 0.25) is 0 Å². The van der Waals surface area contributed by atoms with Crippen molar-refractivity contribution < 1.29 is 4.79 Å². The van der Waals surface area contributed by atoms with E-state index in [9.17, 15) is 4.79 Å². The predicted octanol–water partition coefficient (Wildman–Crippen LogP) is 3.15. The van der Waals surface area contributed by atoms with Crippen LogP contribution in [0.4, 0.5) is 4.79 Å². The summed E-state index contributed by atoms with van der Waals surface area (Å²) in [5.41, 5.74) is 9.48. The fourth-order valence-electron chi connectivity index (χ4n) is 3.16. The lowest BCUT2D eigenvalue weighted by Crippen LogP contribution is -2.39. The molecule has 0 spiro atoms. The summed E-state index contributed by atoms with van der Waals surface area (Å²) < 4.78 is 0. The molecule has 0 aliphatic carbocycles. The van der Waals surface area contributed by atoms with Crippen LogP contribution in [0.1, 0.15) is 29.0 Å². The van der Waals surface area contributed by atoms with E-state index in [1.54, 1.807) is 4.90 Å². The van der Waals surface area contributed by atoms with E-state index in [0.717, 1.165) is 12.8 Å². The van der Waals surface area contributed by atoms with Gasteiger partial charge in [0.05, 0.1) is 0 Å². The van der Waals surface area contributed by atoms with E-state index >= 15 is 0 Å². The number of primary amides is 1. The third-order valence-corrected chi connectivity index (χ3v) is 4.28. The Balaban J connectivity index is 2.00. The van der Waals surface area contributed by atoms with Gasteiger partial charge < -0.3 is 10.6 Å². The summed E-state index contributed by atoms with van der Waals surface area (Å²) >= 11 is 0. The molecule has 2 amide bonds. The number of carbonyl (C=O) groups excluding carboxylic acids is 1. The van der Waals surface area contributed by atoms with Crippen LogP contribution < -0.4 is 5.73 Å². The number of benzene rings is 2. The van der Waals surface area contributed by atoms with E-state index in [2.05, 4.69) is 48.5 Å². The number of carbonyl (C=O) groups is 1. The van der Waals surface area contributed by atoms with Crippen LogP contribution in [0.15, 0.2) is 54.6 Å². The molecule has 2 aromatic rings. The molecule has 3 heteroatoms. The van der Waals surface area contributed by atoms with Crippen molar-refractivity contribution in [3.05, 3.63) is 71.3 Å². The van der Waals surface area contributed by atoms with Crippen molar-refractivity contribution in [2.75, 3.05) is 13.1 Å². The molecule has 1 heterocycles. The third kappa shape index (κ3) is 2.92. The molecule has 0 radical (unpaired) electrons. The van der Waals surface area contributed by atoms with E-state index in [0.29, 0.717) is 19.0 Å². The van der Waals surface area contributed by atoms with Crippen LogP contribution in [0, 0.1) is 0 Å². The second-order valence-corrected chi connectivity index (χ2v) is 5.53. The molecule has 0 fully saturated rings. The van der Waals surface area contributed by atoms with Crippen LogP contribution in [-0.4, -0.2) is 24.0 Å². The molecular weight excluding hydrogens is 260 g/mol.